The van der Waals surface area contributed by atoms with Crippen molar-refractivity contribution in [3.8, 4) is 17.0 Å². The highest BCUT2D eigenvalue weighted by atomic mass is 16.4. The number of para-hydroxylation sites is 1. The predicted octanol–water partition coefficient (Wildman–Crippen LogP) is 3.77. The summed E-state index contributed by atoms with van der Waals surface area (Å²) in [5.41, 5.74) is 1.96. The van der Waals surface area contributed by atoms with Crippen molar-refractivity contribution in [3.63, 3.8) is 0 Å². The van der Waals surface area contributed by atoms with Gasteiger partial charge < -0.3 is 14.7 Å². The highest BCUT2D eigenvalue weighted by Crippen LogP contribution is 2.33. The maximum absolute atomic E-state index is 13.5. The molecule has 0 spiro atoms. The topological polar surface area (TPSA) is 118 Å². The molecule has 1 saturated heterocycles. The van der Waals surface area contributed by atoms with Gasteiger partial charge in [0.25, 0.3) is 5.91 Å². The number of benzene rings is 2. The summed E-state index contributed by atoms with van der Waals surface area (Å²) in [4.78, 5) is 33.5. The van der Waals surface area contributed by atoms with Gasteiger partial charge in [0, 0.05) is 18.7 Å². The van der Waals surface area contributed by atoms with Crippen LogP contribution in [-0.2, 0) is 0 Å². The number of hydrogen-bond donors (Lipinski definition) is 1. The van der Waals surface area contributed by atoms with Crippen LogP contribution >= 0.6 is 0 Å². The van der Waals surface area contributed by atoms with Crippen LogP contribution in [0.3, 0.4) is 0 Å². The van der Waals surface area contributed by atoms with Crippen LogP contribution in [0, 0.1) is 5.41 Å². The minimum atomic E-state index is -0.516. The highest BCUT2D eigenvalue weighted by Gasteiger charge is 2.31. The Kier molecular flexibility index (Phi) is 5.82. The molecule has 3 heterocycles. The van der Waals surface area contributed by atoms with Gasteiger partial charge in [-0.2, -0.15) is 15.0 Å². The van der Waals surface area contributed by atoms with Crippen LogP contribution in [-0.4, -0.2) is 55.9 Å². The zero-order valence-electron chi connectivity index (χ0n) is 18.3. The molecule has 34 heavy (non-hydrogen) atoms. The fourth-order valence-electron chi connectivity index (χ4n) is 4.23. The second kappa shape index (κ2) is 9.22. The Morgan fingerprint density at radius 1 is 1.03 bits per heavy atom. The number of ketones is 1. The lowest BCUT2D eigenvalue weighted by molar-refractivity contribution is 0.0698. The number of nitrogens with one attached hydrogen (secondary N) is 1. The summed E-state index contributed by atoms with van der Waals surface area (Å²) >= 11 is 0. The molecule has 1 amide bonds. The third-order valence-corrected chi connectivity index (χ3v) is 5.87. The lowest BCUT2D eigenvalue weighted by atomic mass is 9.97. The standard InChI is InChI=1S/C25H22N6O3/c26-15-21(32)22-23(17-7-2-1-3-8-17)34-24(29-22)18-9-6-14-30(16-18)25(33)19-10-4-5-11-20(19)31-27-12-13-28-31/h1-5,7-8,10-13,15,18,26H,6,9,14,16H2/t18-/m1/s1. The van der Waals surface area contributed by atoms with Crippen LogP contribution < -0.4 is 0 Å². The first-order chi connectivity index (χ1) is 16.7. The van der Waals surface area contributed by atoms with Crippen molar-refractivity contribution in [2.24, 2.45) is 0 Å². The highest BCUT2D eigenvalue weighted by molar-refractivity contribution is 6.34. The number of hydrogen-bond acceptors (Lipinski definition) is 7. The molecule has 170 valence electrons. The zero-order valence-corrected chi connectivity index (χ0v) is 18.3. The van der Waals surface area contributed by atoms with Gasteiger partial charge in [0.1, 0.15) is 0 Å². The number of nitrogens with zero attached hydrogens (tertiary/aromatic N) is 5. The summed E-state index contributed by atoms with van der Waals surface area (Å²) < 4.78 is 6.08. The fourth-order valence-corrected chi connectivity index (χ4v) is 4.23. The Bertz CT molecular complexity index is 1330. The maximum atomic E-state index is 13.5. The number of piperidine rings is 1. The molecular formula is C25H22N6O3. The fraction of sp³-hybridized carbons (Fsp3) is 0.200. The van der Waals surface area contributed by atoms with Crippen LogP contribution in [0.2, 0.25) is 0 Å². The predicted molar refractivity (Wildman–Crippen MR) is 124 cm³/mol. The third kappa shape index (κ3) is 4.03. The molecule has 5 rings (SSSR count). The lowest BCUT2D eigenvalue weighted by Gasteiger charge is -2.31. The number of rotatable bonds is 6. The largest absolute Gasteiger partial charge is 0.440 e. The van der Waals surface area contributed by atoms with Crippen molar-refractivity contribution >= 4 is 17.9 Å². The van der Waals surface area contributed by atoms with Crippen LogP contribution in [0.25, 0.3) is 17.0 Å². The monoisotopic (exact) mass is 454 g/mol. The summed E-state index contributed by atoms with van der Waals surface area (Å²) in [6.45, 7) is 1.02. The summed E-state index contributed by atoms with van der Waals surface area (Å²) in [5.74, 6) is -0.0462. The molecule has 2 aromatic heterocycles. The SMILES string of the molecule is N=CC(=O)c1nc([C@@H]2CCCN(C(=O)c3ccccc3-n3nccn3)C2)oc1-c1ccccc1. The van der Waals surface area contributed by atoms with Crippen molar-refractivity contribution in [1.82, 2.24) is 24.9 Å². The molecular weight excluding hydrogens is 432 g/mol. The number of Topliss-reactive ketones (excluding diaryl/α,β-unsaturated/α-hetero) is 1. The normalized spacial score (nSPS) is 15.8. The maximum Gasteiger partial charge on any atom is 0.256 e. The minimum absolute atomic E-state index is 0.120. The van der Waals surface area contributed by atoms with E-state index < -0.39 is 5.78 Å². The Morgan fingerprint density at radius 2 is 1.76 bits per heavy atom. The number of carbonyl (C=O) groups is 2. The first kappa shape index (κ1) is 21.4. The third-order valence-electron chi connectivity index (χ3n) is 5.87. The molecule has 1 fully saturated rings. The van der Waals surface area contributed by atoms with E-state index in [1.54, 1.807) is 23.4 Å². The van der Waals surface area contributed by atoms with E-state index in [0.29, 0.717) is 36.0 Å². The van der Waals surface area contributed by atoms with Crippen molar-refractivity contribution < 1.29 is 14.0 Å². The van der Waals surface area contributed by atoms with Gasteiger partial charge in [-0.05, 0) is 25.0 Å². The van der Waals surface area contributed by atoms with E-state index in [-0.39, 0.29) is 17.5 Å². The molecule has 9 nitrogen and oxygen atoms in total. The van der Waals surface area contributed by atoms with Crippen molar-refractivity contribution in [1.29, 1.82) is 5.41 Å². The molecule has 1 N–H and O–H groups in total. The summed E-state index contributed by atoms with van der Waals surface area (Å²) in [5, 5.41) is 15.7. The van der Waals surface area contributed by atoms with Gasteiger partial charge in [0.2, 0.25) is 11.7 Å². The van der Waals surface area contributed by atoms with Gasteiger partial charge in [0.05, 0.1) is 35.8 Å². The molecule has 9 heteroatoms. The Morgan fingerprint density at radius 3 is 2.53 bits per heavy atom. The summed E-state index contributed by atoms with van der Waals surface area (Å²) in [7, 11) is 0. The van der Waals surface area contributed by atoms with E-state index in [4.69, 9.17) is 9.83 Å². The molecule has 0 radical (unpaired) electrons. The molecule has 0 bridgehead atoms. The Labute approximate surface area is 195 Å². The minimum Gasteiger partial charge on any atom is -0.440 e. The molecule has 4 aromatic rings. The van der Waals surface area contributed by atoms with Gasteiger partial charge in [-0.1, -0.05) is 42.5 Å². The van der Waals surface area contributed by atoms with Gasteiger partial charge >= 0.3 is 0 Å². The van der Waals surface area contributed by atoms with Crippen LogP contribution in [0.5, 0.6) is 0 Å². The van der Waals surface area contributed by atoms with E-state index in [9.17, 15) is 9.59 Å². The summed E-state index contributed by atoms with van der Waals surface area (Å²) in [6, 6.07) is 16.5. The van der Waals surface area contributed by atoms with Crippen LogP contribution in [0.1, 0.15) is 45.5 Å². The average Bonchev–Trinajstić information content (AvgIpc) is 3.59. The van der Waals surface area contributed by atoms with Crippen molar-refractivity contribution in [2.45, 2.75) is 18.8 Å². The molecule has 1 atom stereocenters. The Hall–Kier alpha value is -4.40. The second-order valence-corrected chi connectivity index (χ2v) is 8.03. The molecule has 2 aromatic carbocycles. The van der Waals surface area contributed by atoms with Gasteiger partial charge in [-0.15, -0.1) is 0 Å². The number of oxazole rings is 1. The smallest absolute Gasteiger partial charge is 0.256 e. The van der Waals surface area contributed by atoms with Crippen LogP contribution in [0.15, 0.2) is 71.4 Å². The molecule has 0 saturated carbocycles. The van der Waals surface area contributed by atoms with Gasteiger partial charge in [-0.3, -0.25) is 9.59 Å². The van der Waals surface area contributed by atoms with Gasteiger partial charge in [-0.25, -0.2) is 4.98 Å². The van der Waals surface area contributed by atoms with Crippen LogP contribution in [0.4, 0.5) is 0 Å². The molecule has 1 aliphatic heterocycles. The van der Waals surface area contributed by atoms with E-state index >= 15 is 0 Å². The van der Waals surface area contributed by atoms with E-state index in [1.807, 2.05) is 48.5 Å². The van der Waals surface area contributed by atoms with Crippen molar-refractivity contribution in [2.75, 3.05) is 13.1 Å². The van der Waals surface area contributed by atoms with E-state index in [0.717, 1.165) is 24.6 Å². The summed E-state index contributed by atoms with van der Waals surface area (Å²) in [6.07, 6.45) is 5.43. The first-order valence-corrected chi connectivity index (χ1v) is 11.0. The molecule has 0 aliphatic carbocycles. The first-order valence-electron chi connectivity index (χ1n) is 11.0. The van der Waals surface area contributed by atoms with E-state index in [2.05, 4.69) is 15.2 Å². The second-order valence-electron chi connectivity index (χ2n) is 8.03. The lowest BCUT2D eigenvalue weighted by Crippen LogP contribution is -2.39. The number of aromatic nitrogens is 4. The van der Waals surface area contributed by atoms with Gasteiger partial charge in [0.15, 0.2) is 11.5 Å². The number of likely N-dealkylation sites (tertiary alicyclic amines) is 1. The van der Waals surface area contributed by atoms with E-state index in [1.165, 1.54) is 4.80 Å². The number of carbonyl (C=O) groups excluding carboxylic acids is 2. The number of amides is 1. The molecule has 0 unspecified atom stereocenters. The average molecular weight is 454 g/mol. The Balaban J connectivity index is 1.44. The zero-order chi connectivity index (χ0) is 23.5. The molecule has 1 aliphatic rings. The quantitative estimate of drug-likeness (QED) is 0.350. The van der Waals surface area contributed by atoms with Crippen molar-refractivity contribution in [3.05, 3.63) is 84.1 Å².